The molecule has 0 saturated heterocycles. The number of nitrogens with zero attached hydrogens (tertiary/aromatic N) is 1. The van der Waals surface area contributed by atoms with Gasteiger partial charge >= 0.3 is 0 Å². The SMILES string of the molecule is O=C1CCCC2=C1C(c1ccccc1Br)CC(=O)N2c1ccc(F)c(Cl)c1. The summed E-state index contributed by atoms with van der Waals surface area (Å²) in [7, 11) is 0. The van der Waals surface area contributed by atoms with Gasteiger partial charge in [0.15, 0.2) is 5.78 Å². The van der Waals surface area contributed by atoms with Crippen molar-refractivity contribution in [3.63, 3.8) is 0 Å². The number of allylic oxidation sites excluding steroid dienone is 2. The third-order valence-electron chi connectivity index (χ3n) is 5.12. The predicted octanol–water partition coefficient (Wildman–Crippen LogP) is 5.77. The maximum absolute atomic E-state index is 13.6. The molecule has 1 unspecified atom stereocenters. The number of hydrogen-bond donors (Lipinski definition) is 0. The second kappa shape index (κ2) is 7.21. The average Bonchev–Trinajstić information content (AvgIpc) is 2.64. The fourth-order valence-corrected chi connectivity index (χ4v) is 4.68. The Hall–Kier alpha value is -1.98. The monoisotopic (exact) mass is 447 g/mol. The number of rotatable bonds is 2. The minimum absolute atomic E-state index is 0.0440. The number of hydrogen-bond acceptors (Lipinski definition) is 2. The largest absolute Gasteiger partial charge is 0.294 e. The van der Waals surface area contributed by atoms with Crippen LogP contribution in [0.4, 0.5) is 10.1 Å². The summed E-state index contributed by atoms with van der Waals surface area (Å²) < 4.78 is 14.5. The van der Waals surface area contributed by atoms with Crippen LogP contribution in [0.2, 0.25) is 5.02 Å². The fraction of sp³-hybridized carbons (Fsp3) is 0.238. The van der Waals surface area contributed by atoms with Crippen molar-refractivity contribution in [3.8, 4) is 0 Å². The minimum Gasteiger partial charge on any atom is -0.294 e. The summed E-state index contributed by atoms with van der Waals surface area (Å²) in [6.45, 7) is 0. The number of amides is 1. The molecule has 0 N–H and O–H groups in total. The molecule has 0 aromatic heterocycles. The van der Waals surface area contributed by atoms with Gasteiger partial charge < -0.3 is 0 Å². The van der Waals surface area contributed by atoms with Crippen molar-refractivity contribution in [2.24, 2.45) is 0 Å². The highest BCUT2D eigenvalue weighted by atomic mass is 79.9. The van der Waals surface area contributed by atoms with Crippen LogP contribution in [0.1, 0.15) is 37.2 Å². The van der Waals surface area contributed by atoms with E-state index in [2.05, 4.69) is 15.9 Å². The minimum atomic E-state index is -0.537. The van der Waals surface area contributed by atoms with Crippen molar-refractivity contribution in [2.75, 3.05) is 4.90 Å². The average molecular weight is 449 g/mol. The topological polar surface area (TPSA) is 37.4 Å². The van der Waals surface area contributed by atoms with Crippen LogP contribution in [-0.4, -0.2) is 11.7 Å². The Kier molecular flexibility index (Phi) is 4.91. The summed E-state index contributed by atoms with van der Waals surface area (Å²) in [5.74, 6) is -0.859. The van der Waals surface area contributed by atoms with Gasteiger partial charge in [-0.1, -0.05) is 45.7 Å². The molecule has 3 nitrogen and oxygen atoms in total. The van der Waals surface area contributed by atoms with Gasteiger partial charge in [0, 0.05) is 34.5 Å². The van der Waals surface area contributed by atoms with Crippen molar-refractivity contribution in [3.05, 3.63) is 74.6 Å². The van der Waals surface area contributed by atoms with E-state index < -0.39 is 5.82 Å². The normalized spacial score (nSPS) is 20.1. The van der Waals surface area contributed by atoms with Gasteiger partial charge in [-0.3, -0.25) is 14.5 Å². The molecular formula is C21H16BrClFNO2. The Bertz CT molecular complexity index is 988. The molecule has 1 amide bonds. The second-order valence-corrected chi connectivity index (χ2v) is 8.00. The lowest BCUT2D eigenvalue weighted by atomic mass is 9.77. The van der Waals surface area contributed by atoms with E-state index in [1.165, 1.54) is 18.2 Å². The van der Waals surface area contributed by atoms with E-state index >= 15 is 0 Å². The van der Waals surface area contributed by atoms with Crippen LogP contribution in [0.15, 0.2) is 58.2 Å². The molecule has 2 aromatic rings. The van der Waals surface area contributed by atoms with E-state index in [1.54, 1.807) is 4.90 Å². The molecule has 0 bridgehead atoms. The molecule has 6 heteroatoms. The summed E-state index contributed by atoms with van der Waals surface area (Å²) in [4.78, 5) is 27.5. The van der Waals surface area contributed by atoms with Crippen molar-refractivity contribution < 1.29 is 14.0 Å². The van der Waals surface area contributed by atoms with Crippen LogP contribution in [-0.2, 0) is 9.59 Å². The zero-order valence-electron chi connectivity index (χ0n) is 14.3. The van der Waals surface area contributed by atoms with E-state index in [-0.39, 0.29) is 29.1 Å². The third kappa shape index (κ3) is 3.23. The number of Topliss-reactive ketones (excluding diaryl/α,β-unsaturated/α-hetero) is 1. The van der Waals surface area contributed by atoms with Crippen molar-refractivity contribution in [2.45, 2.75) is 31.6 Å². The van der Waals surface area contributed by atoms with E-state index in [1.807, 2.05) is 24.3 Å². The first-order valence-electron chi connectivity index (χ1n) is 8.76. The molecule has 2 aromatic carbocycles. The van der Waals surface area contributed by atoms with Gasteiger partial charge in [0.25, 0.3) is 0 Å². The highest BCUT2D eigenvalue weighted by Crippen LogP contribution is 2.45. The second-order valence-electron chi connectivity index (χ2n) is 6.74. The maximum Gasteiger partial charge on any atom is 0.232 e. The highest BCUT2D eigenvalue weighted by molar-refractivity contribution is 9.10. The number of carbonyl (C=O) groups excluding carboxylic acids is 2. The standard InChI is InChI=1S/C21H16BrClFNO2/c22-15-5-2-1-4-13(15)14-11-20(27)25(12-8-9-17(24)16(23)10-12)18-6-3-7-19(26)21(14)18/h1-2,4-5,8-10,14H,3,6-7,11H2. The van der Waals surface area contributed by atoms with Gasteiger partial charge in [0.2, 0.25) is 5.91 Å². The molecule has 1 aliphatic heterocycles. The van der Waals surface area contributed by atoms with E-state index in [0.717, 1.165) is 10.0 Å². The van der Waals surface area contributed by atoms with E-state index in [9.17, 15) is 14.0 Å². The maximum atomic E-state index is 13.6. The summed E-state index contributed by atoms with van der Waals surface area (Å²) in [6.07, 6.45) is 1.98. The van der Waals surface area contributed by atoms with Crippen molar-refractivity contribution in [1.29, 1.82) is 0 Å². The molecular weight excluding hydrogens is 433 g/mol. The third-order valence-corrected chi connectivity index (χ3v) is 6.13. The number of carbonyl (C=O) groups is 2. The lowest BCUT2D eigenvalue weighted by molar-refractivity contribution is -0.119. The van der Waals surface area contributed by atoms with Crippen LogP contribution in [0.3, 0.4) is 0 Å². The van der Waals surface area contributed by atoms with Crippen LogP contribution in [0.5, 0.6) is 0 Å². The Labute approximate surface area is 169 Å². The van der Waals surface area contributed by atoms with Gasteiger partial charge in [-0.25, -0.2) is 4.39 Å². The fourth-order valence-electron chi connectivity index (χ4n) is 3.94. The van der Waals surface area contributed by atoms with E-state index in [0.29, 0.717) is 36.2 Å². The molecule has 0 fully saturated rings. The number of ketones is 1. The molecule has 0 saturated carbocycles. The molecule has 1 atom stereocenters. The molecule has 1 aliphatic carbocycles. The van der Waals surface area contributed by atoms with Gasteiger partial charge in [-0.2, -0.15) is 0 Å². The van der Waals surface area contributed by atoms with E-state index in [4.69, 9.17) is 11.6 Å². The quantitative estimate of drug-likeness (QED) is 0.585. The highest BCUT2D eigenvalue weighted by Gasteiger charge is 2.40. The molecule has 138 valence electrons. The Morgan fingerprint density at radius 3 is 2.63 bits per heavy atom. The summed E-state index contributed by atoms with van der Waals surface area (Å²) in [5, 5.41) is -0.0440. The zero-order valence-corrected chi connectivity index (χ0v) is 16.7. The van der Waals surface area contributed by atoms with Gasteiger partial charge in [-0.15, -0.1) is 0 Å². The number of benzene rings is 2. The zero-order chi connectivity index (χ0) is 19.1. The molecule has 2 aliphatic rings. The molecule has 4 rings (SSSR count). The first kappa shape index (κ1) is 18.4. The predicted molar refractivity (Wildman–Crippen MR) is 106 cm³/mol. The van der Waals surface area contributed by atoms with Crippen molar-refractivity contribution >= 4 is 44.9 Å². The summed E-state index contributed by atoms with van der Waals surface area (Å²) >= 11 is 9.48. The summed E-state index contributed by atoms with van der Waals surface area (Å²) in [6, 6.07) is 11.9. The lowest BCUT2D eigenvalue weighted by Crippen LogP contribution is -2.40. The number of halogens is 3. The molecule has 1 heterocycles. The van der Waals surface area contributed by atoms with Crippen LogP contribution >= 0.6 is 27.5 Å². The molecule has 0 radical (unpaired) electrons. The first-order valence-corrected chi connectivity index (χ1v) is 9.93. The van der Waals surface area contributed by atoms with Gasteiger partial charge in [0.05, 0.1) is 10.7 Å². The summed E-state index contributed by atoms with van der Waals surface area (Å²) in [5.41, 5.74) is 2.84. The lowest BCUT2D eigenvalue weighted by Gasteiger charge is -2.38. The Morgan fingerprint density at radius 2 is 1.89 bits per heavy atom. The Balaban J connectivity index is 1.88. The molecule has 27 heavy (non-hydrogen) atoms. The van der Waals surface area contributed by atoms with Crippen molar-refractivity contribution in [1.82, 2.24) is 0 Å². The van der Waals surface area contributed by atoms with Gasteiger partial charge in [0.1, 0.15) is 5.82 Å². The van der Waals surface area contributed by atoms with Crippen LogP contribution in [0.25, 0.3) is 0 Å². The number of anilines is 1. The molecule has 0 spiro atoms. The smallest absolute Gasteiger partial charge is 0.232 e. The first-order chi connectivity index (χ1) is 13.0. The van der Waals surface area contributed by atoms with Crippen LogP contribution in [0, 0.1) is 5.82 Å². The van der Waals surface area contributed by atoms with Gasteiger partial charge in [-0.05, 0) is 42.7 Å². The Morgan fingerprint density at radius 1 is 1.11 bits per heavy atom. The van der Waals surface area contributed by atoms with Crippen LogP contribution < -0.4 is 4.90 Å².